The molecule has 6 nitrogen and oxygen atoms in total. The monoisotopic (exact) mass is 400 g/mol. The summed E-state index contributed by atoms with van der Waals surface area (Å²) >= 11 is 1.23. The Bertz CT molecular complexity index is 988. The molecule has 0 fully saturated rings. The summed E-state index contributed by atoms with van der Waals surface area (Å²) in [4.78, 5) is 28.7. The Morgan fingerprint density at radius 2 is 1.93 bits per heavy atom. The molecule has 0 saturated heterocycles. The van der Waals surface area contributed by atoms with E-state index in [1.807, 2.05) is 0 Å². The van der Waals surface area contributed by atoms with Crippen LogP contribution in [0.3, 0.4) is 0 Å². The SMILES string of the molecule is COc1cccc(NC(=O)[C@@H](C)OC(=O)c2csc(-c3ccc(F)cc3)n2)c1. The number of hydrogen-bond acceptors (Lipinski definition) is 6. The number of anilines is 1. The minimum atomic E-state index is -1.02. The van der Waals surface area contributed by atoms with Gasteiger partial charge in [0.2, 0.25) is 0 Å². The second-order valence-electron chi connectivity index (χ2n) is 5.81. The van der Waals surface area contributed by atoms with Crippen molar-refractivity contribution in [2.45, 2.75) is 13.0 Å². The normalized spacial score (nSPS) is 11.5. The minimum absolute atomic E-state index is 0.0883. The number of methoxy groups -OCH3 is 1. The Balaban J connectivity index is 1.62. The van der Waals surface area contributed by atoms with Gasteiger partial charge in [-0.1, -0.05) is 6.07 Å². The first-order chi connectivity index (χ1) is 13.5. The van der Waals surface area contributed by atoms with Gasteiger partial charge in [0, 0.05) is 22.7 Å². The van der Waals surface area contributed by atoms with Crippen molar-refractivity contribution in [2.75, 3.05) is 12.4 Å². The largest absolute Gasteiger partial charge is 0.497 e. The molecule has 0 aliphatic carbocycles. The van der Waals surface area contributed by atoms with Crippen LogP contribution in [0.4, 0.5) is 10.1 Å². The molecule has 1 aromatic heterocycles. The molecular formula is C20H17FN2O4S. The van der Waals surface area contributed by atoms with Crippen molar-refractivity contribution in [3.05, 3.63) is 65.4 Å². The Hall–Kier alpha value is -3.26. The van der Waals surface area contributed by atoms with E-state index < -0.39 is 18.0 Å². The molecule has 0 aliphatic heterocycles. The third kappa shape index (κ3) is 4.72. The molecule has 3 aromatic rings. The molecule has 2 aromatic carbocycles. The Morgan fingerprint density at radius 3 is 2.64 bits per heavy atom. The number of carbonyl (C=O) groups excluding carboxylic acids is 2. The summed E-state index contributed by atoms with van der Waals surface area (Å²) in [6, 6.07) is 12.6. The van der Waals surface area contributed by atoms with Crippen molar-refractivity contribution in [3.63, 3.8) is 0 Å². The molecule has 1 N–H and O–H groups in total. The fourth-order valence-electron chi connectivity index (χ4n) is 2.31. The number of benzene rings is 2. The van der Waals surface area contributed by atoms with Gasteiger partial charge in [0.25, 0.3) is 5.91 Å². The number of nitrogens with one attached hydrogen (secondary N) is 1. The Morgan fingerprint density at radius 1 is 1.18 bits per heavy atom. The average molecular weight is 400 g/mol. The summed E-state index contributed by atoms with van der Waals surface area (Å²) < 4.78 is 23.3. The zero-order valence-corrected chi connectivity index (χ0v) is 16.0. The lowest BCUT2D eigenvalue weighted by Crippen LogP contribution is -2.30. The number of nitrogens with zero attached hydrogens (tertiary/aromatic N) is 1. The molecule has 1 heterocycles. The standard InChI is InChI=1S/C20H17FN2O4S/c1-12(18(24)22-15-4-3-5-16(10-15)26-2)27-20(25)17-11-28-19(23-17)13-6-8-14(21)9-7-13/h3-12H,1-2H3,(H,22,24)/t12-/m1/s1. The summed E-state index contributed by atoms with van der Waals surface area (Å²) in [6.45, 7) is 1.47. The lowest BCUT2D eigenvalue weighted by molar-refractivity contribution is -0.123. The molecule has 1 atom stereocenters. The number of rotatable bonds is 6. The number of thiazole rings is 1. The third-order valence-electron chi connectivity index (χ3n) is 3.79. The van der Waals surface area contributed by atoms with Gasteiger partial charge in [0.15, 0.2) is 11.8 Å². The van der Waals surface area contributed by atoms with Crippen LogP contribution in [0.15, 0.2) is 53.9 Å². The van der Waals surface area contributed by atoms with Crippen LogP contribution in [0.2, 0.25) is 0 Å². The Kier molecular flexibility index (Phi) is 6.00. The van der Waals surface area contributed by atoms with Crippen LogP contribution >= 0.6 is 11.3 Å². The quantitative estimate of drug-likeness (QED) is 0.629. The summed E-state index contributed by atoms with van der Waals surface area (Å²) in [5, 5.41) is 4.75. The first-order valence-electron chi connectivity index (χ1n) is 8.33. The topological polar surface area (TPSA) is 77.5 Å². The van der Waals surface area contributed by atoms with E-state index >= 15 is 0 Å². The summed E-state index contributed by atoms with van der Waals surface area (Å²) in [5.41, 5.74) is 1.30. The molecule has 3 rings (SSSR count). The number of aromatic nitrogens is 1. The predicted octanol–water partition coefficient (Wildman–Crippen LogP) is 4.14. The van der Waals surface area contributed by atoms with Crippen molar-refractivity contribution < 1.29 is 23.5 Å². The molecule has 0 saturated carbocycles. The van der Waals surface area contributed by atoms with Gasteiger partial charge in [-0.25, -0.2) is 14.2 Å². The van der Waals surface area contributed by atoms with Gasteiger partial charge in [-0.3, -0.25) is 4.79 Å². The number of esters is 1. The van der Waals surface area contributed by atoms with Crippen molar-refractivity contribution >= 4 is 28.9 Å². The van der Waals surface area contributed by atoms with Crippen molar-refractivity contribution in [1.82, 2.24) is 4.98 Å². The third-order valence-corrected chi connectivity index (χ3v) is 4.69. The van der Waals surface area contributed by atoms with Crippen LogP contribution in [0.1, 0.15) is 17.4 Å². The van der Waals surface area contributed by atoms with Crippen LogP contribution in [0.5, 0.6) is 5.75 Å². The first-order valence-corrected chi connectivity index (χ1v) is 9.21. The summed E-state index contributed by atoms with van der Waals surface area (Å²) in [5.74, 6) is -0.942. The molecule has 8 heteroatoms. The fraction of sp³-hybridized carbons (Fsp3) is 0.150. The number of carbonyl (C=O) groups is 2. The highest BCUT2D eigenvalue weighted by molar-refractivity contribution is 7.13. The van der Waals surface area contributed by atoms with E-state index in [2.05, 4.69) is 10.3 Å². The maximum absolute atomic E-state index is 13.0. The van der Waals surface area contributed by atoms with Crippen molar-refractivity contribution in [3.8, 4) is 16.3 Å². The molecular weight excluding hydrogens is 383 g/mol. The van der Waals surface area contributed by atoms with E-state index in [9.17, 15) is 14.0 Å². The summed E-state index contributed by atoms with van der Waals surface area (Å²) in [6.07, 6.45) is -1.02. The van der Waals surface area contributed by atoms with Crippen molar-refractivity contribution in [1.29, 1.82) is 0 Å². The van der Waals surface area contributed by atoms with E-state index in [0.29, 0.717) is 22.0 Å². The maximum atomic E-state index is 13.0. The van der Waals surface area contributed by atoms with Crippen LogP contribution in [-0.2, 0) is 9.53 Å². The fourth-order valence-corrected chi connectivity index (χ4v) is 3.11. The predicted molar refractivity (Wildman–Crippen MR) is 104 cm³/mol. The molecule has 1 amide bonds. The van der Waals surface area contributed by atoms with Gasteiger partial charge < -0.3 is 14.8 Å². The molecule has 144 valence electrons. The van der Waals surface area contributed by atoms with Gasteiger partial charge in [-0.2, -0.15) is 0 Å². The number of amides is 1. The zero-order chi connectivity index (χ0) is 20.1. The molecule has 0 bridgehead atoms. The van der Waals surface area contributed by atoms with Gasteiger partial charge in [0.05, 0.1) is 7.11 Å². The van der Waals surface area contributed by atoms with E-state index in [1.165, 1.54) is 42.9 Å². The van der Waals surface area contributed by atoms with Gasteiger partial charge in [-0.05, 0) is 43.3 Å². The second-order valence-corrected chi connectivity index (χ2v) is 6.67. The molecule has 0 unspecified atom stereocenters. The molecule has 0 aliphatic rings. The van der Waals surface area contributed by atoms with E-state index in [-0.39, 0.29) is 11.5 Å². The lowest BCUT2D eigenvalue weighted by atomic mass is 10.2. The number of halogens is 1. The molecule has 0 spiro atoms. The second kappa shape index (κ2) is 8.62. The minimum Gasteiger partial charge on any atom is -0.497 e. The van der Waals surface area contributed by atoms with Crippen LogP contribution in [0.25, 0.3) is 10.6 Å². The first kappa shape index (κ1) is 19.5. The Labute approximate surface area is 164 Å². The van der Waals surface area contributed by atoms with E-state index in [4.69, 9.17) is 9.47 Å². The highest BCUT2D eigenvalue weighted by Gasteiger charge is 2.21. The molecule has 28 heavy (non-hydrogen) atoms. The number of hydrogen-bond donors (Lipinski definition) is 1. The molecule has 0 radical (unpaired) electrons. The zero-order valence-electron chi connectivity index (χ0n) is 15.1. The average Bonchev–Trinajstić information content (AvgIpc) is 3.19. The van der Waals surface area contributed by atoms with Crippen LogP contribution < -0.4 is 10.1 Å². The van der Waals surface area contributed by atoms with Gasteiger partial charge in [0.1, 0.15) is 16.6 Å². The van der Waals surface area contributed by atoms with E-state index in [1.54, 1.807) is 36.4 Å². The maximum Gasteiger partial charge on any atom is 0.358 e. The smallest absolute Gasteiger partial charge is 0.358 e. The summed E-state index contributed by atoms with van der Waals surface area (Å²) in [7, 11) is 1.53. The van der Waals surface area contributed by atoms with Gasteiger partial charge in [-0.15, -0.1) is 11.3 Å². The van der Waals surface area contributed by atoms with Crippen molar-refractivity contribution in [2.24, 2.45) is 0 Å². The van der Waals surface area contributed by atoms with Crippen LogP contribution in [-0.4, -0.2) is 30.1 Å². The van der Waals surface area contributed by atoms with Crippen LogP contribution in [0, 0.1) is 5.82 Å². The lowest BCUT2D eigenvalue weighted by Gasteiger charge is -2.13. The number of ether oxygens (including phenoxy) is 2. The van der Waals surface area contributed by atoms with E-state index in [0.717, 1.165) is 0 Å². The highest BCUT2D eigenvalue weighted by atomic mass is 32.1. The highest BCUT2D eigenvalue weighted by Crippen LogP contribution is 2.24. The van der Waals surface area contributed by atoms with Gasteiger partial charge >= 0.3 is 5.97 Å².